The van der Waals surface area contributed by atoms with E-state index in [1.54, 1.807) is 12.1 Å². The highest BCUT2D eigenvalue weighted by Crippen LogP contribution is 2.37. The van der Waals surface area contributed by atoms with Crippen molar-refractivity contribution in [3.05, 3.63) is 36.7 Å². The number of nitrogens with one attached hydrogen (secondary N) is 1. The summed E-state index contributed by atoms with van der Waals surface area (Å²) in [6, 6.07) is 3.26. The number of hydrogen-bond acceptors (Lipinski definition) is 4. The molecule has 0 aliphatic heterocycles. The lowest BCUT2D eigenvalue weighted by molar-refractivity contribution is 0.372. The van der Waals surface area contributed by atoms with Crippen molar-refractivity contribution in [1.29, 1.82) is 0 Å². The van der Waals surface area contributed by atoms with Crippen LogP contribution in [0.4, 0.5) is 0 Å². The Balaban J connectivity index is 2.60. The van der Waals surface area contributed by atoms with Crippen LogP contribution in [0.1, 0.15) is 0 Å². The Labute approximate surface area is 124 Å². The minimum Gasteiger partial charge on any atom is -0.503 e. The van der Waals surface area contributed by atoms with Gasteiger partial charge in [-0.1, -0.05) is 0 Å². The number of benzene rings is 1. The summed E-state index contributed by atoms with van der Waals surface area (Å²) in [5.41, 5.74) is 0.439. The maximum absolute atomic E-state index is 11.5. The van der Waals surface area contributed by atoms with E-state index in [0.29, 0.717) is 25.2 Å². The number of H-pyrrole nitrogens is 1. The SMILES string of the molecule is COc1cc(-c2ncc(I)c(=O)[nH]2)cc(Br)c1O. The summed E-state index contributed by atoms with van der Waals surface area (Å²) in [5, 5.41) is 9.70. The van der Waals surface area contributed by atoms with Gasteiger partial charge in [0.1, 0.15) is 5.82 Å². The number of ether oxygens (including phenoxy) is 1. The van der Waals surface area contributed by atoms with Crippen LogP contribution in [-0.2, 0) is 0 Å². The minimum atomic E-state index is -0.205. The summed E-state index contributed by atoms with van der Waals surface area (Å²) in [5.74, 6) is 0.731. The van der Waals surface area contributed by atoms with Crippen molar-refractivity contribution >= 4 is 38.5 Å². The molecule has 2 aromatic rings. The number of halogens is 2. The molecule has 0 radical (unpaired) electrons. The second kappa shape index (κ2) is 5.27. The highest BCUT2D eigenvalue weighted by atomic mass is 127. The zero-order chi connectivity index (χ0) is 13.3. The van der Waals surface area contributed by atoms with Crippen LogP contribution in [0.5, 0.6) is 11.5 Å². The van der Waals surface area contributed by atoms with Crippen molar-refractivity contribution in [3.63, 3.8) is 0 Å². The van der Waals surface area contributed by atoms with Crippen LogP contribution in [0.3, 0.4) is 0 Å². The zero-order valence-corrected chi connectivity index (χ0v) is 12.9. The molecule has 0 bridgehead atoms. The summed E-state index contributed by atoms with van der Waals surface area (Å²) in [7, 11) is 1.45. The van der Waals surface area contributed by atoms with Crippen molar-refractivity contribution in [2.24, 2.45) is 0 Å². The molecule has 0 saturated heterocycles. The normalized spacial score (nSPS) is 10.4. The number of hydrogen-bond donors (Lipinski definition) is 2. The van der Waals surface area contributed by atoms with Crippen molar-refractivity contribution in [2.45, 2.75) is 0 Å². The Morgan fingerprint density at radius 1 is 1.50 bits per heavy atom. The molecule has 18 heavy (non-hydrogen) atoms. The Hall–Kier alpha value is -1.09. The molecule has 2 rings (SSSR count). The van der Waals surface area contributed by atoms with E-state index in [4.69, 9.17) is 4.74 Å². The van der Waals surface area contributed by atoms with E-state index in [-0.39, 0.29) is 11.3 Å². The highest BCUT2D eigenvalue weighted by molar-refractivity contribution is 14.1. The van der Waals surface area contributed by atoms with E-state index in [1.165, 1.54) is 13.3 Å². The van der Waals surface area contributed by atoms with Gasteiger partial charge in [0.15, 0.2) is 11.5 Å². The predicted molar refractivity (Wildman–Crippen MR) is 78.9 cm³/mol. The number of aromatic nitrogens is 2. The first-order valence-corrected chi connectivity index (χ1v) is 6.71. The summed E-state index contributed by atoms with van der Waals surface area (Å²) < 4.78 is 6.03. The lowest BCUT2D eigenvalue weighted by Crippen LogP contribution is -2.11. The average Bonchev–Trinajstić information content (AvgIpc) is 2.36. The van der Waals surface area contributed by atoms with Crippen LogP contribution >= 0.6 is 38.5 Å². The van der Waals surface area contributed by atoms with E-state index in [2.05, 4.69) is 25.9 Å². The first kappa shape index (κ1) is 13.3. The molecule has 0 unspecified atom stereocenters. The Morgan fingerprint density at radius 3 is 2.83 bits per heavy atom. The number of methoxy groups -OCH3 is 1. The fraction of sp³-hybridized carbons (Fsp3) is 0.0909. The molecule has 0 amide bonds. The smallest absolute Gasteiger partial charge is 0.264 e. The van der Waals surface area contributed by atoms with E-state index in [0.717, 1.165) is 0 Å². The molecule has 0 spiro atoms. The summed E-state index contributed by atoms with van der Waals surface area (Å²) in [6.07, 6.45) is 1.49. The van der Waals surface area contributed by atoms with Crippen LogP contribution in [0.15, 0.2) is 27.6 Å². The Bertz CT molecular complexity index is 657. The standard InChI is InChI=1S/C11H8BrIN2O3/c1-18-8-3-5(2-6(12)9(8)16)10-14-4-7(13)11(17)15-10/h2-4,16H,1H3,(H,14,15,17). The molecule has 0 aliphatic rings. The average molecular weight is 423 g/mol. The number of phenols is 1. The van der Waals surface area contributed by atoms with Crippen LogP contribution in [0.25, 0.3) is 11.4 Å². The minimum absolute atomic E-state index is 0.00843. The third-order valence-corrected chi connectivity index (χ3v) is 3.65. The number of aromatic hydroxyl groups is 1. The predicted octanol–water partition coefficient (Wildman–Crippen LogP) is 2.52. The number of aromatic amines is 1. The molecule has 5 nitrogen and oxygen atoms in total. The van der Waals surface area contributed by atoms with Gasteiger partial charge in [-0.3, -0.25) is 4.79 Å². The molecule has 0 saturated carbocycles. The highest BCUT2D eigenvalue weighted by Gasteiger charge is 2.11. The van der Waals surface area contributed by atoms with Gasteiger partial charge in [0, 0.05) is 11.8 Å². The summed E-state index contributed by atoms with van der Waals surface area (Å²) in [4.78, 5) is 18.3. The van der Waals surface area contributed by atoms with Gasteiger partial charge in [-0.05, 0) is 50.7 Å². The van der Waals surface area contributed by atoms with E-state index in [9.17, 15) is 9.90 Å². The molecule has 2 N–H and O–H groups in total. The van der Waals surface area contributed by atoms with Gasteiger partial charge >= 0.3 is 0 Å². The van der Waals surface area contributed by atoms with Gasteiger partial charge in [-0.15, -0.1) is 0 Å². The molecule has 1 aromatic heterocycles. The number of phenolic OH excluding ortho intramolecular Hbond substituents is 1. The van der Waals surface area contributed by atoms with Crippen molar-refractivity contribution in [2.75, 3.05) is 7.11 Å². The van der Waals surface area contributed by atoms with Gasteiger partial charge in [0.2, 0.25) is 0 Å². The molecular formula is C11H8BrIN2O3. The van der Waals surface area contributed by atoms with Crippen LogP contribution in [0.2, 0.25) is 0 Å². The summed E-state index contributed by atoms with van der Waals surface area (Å²) in [6.45, 7) is 0. The third kappa shape index (κ3) is 2.51. The zero-order valence-electron chi connectivity index (χ0n) is 9.20. The molecule has 0 fully saturated rings. The number of nitrogens with zero attached hydrogens (tertiary/aromatic N) is 1. The Morgan fingerprint density at radius 2 is 2.22 bits per heavy atom. The monoisotopic (exact) mass is 422 g/mol. The molecule has 7 heteroatoms. The quantitative estimate of drug-likeness (QED) is 0.729. The lowest BCUT2D eigenvalue weighted by atomic mass is 10.2. The maximum atomic E-state index is 11.5. The van der Waals surface area contributed by atoms with Gasteiger partial charge in [0.25, 0.3) is 5.56 Å². The third-order valence-electron chi connectivity index (χ3n) is 2.28. The first-order valence-electron chi connectivity index (χ1n) is 4.84. The second-order valence-corrected chi connectivity index (χ2v) is 5.43. The van der Waals surface area contributed by atoms with Crippen LogP contribution in [-0.4, -0.2) is 22.2 Å². The first-order chi connectivity index (χ1) is 8.52. The van der Waals surface area contributed by atoms with Crippen LogP contribution < -0.4 is 10.3 Å². The molecule has 94 valence electrons. The lowest BCUT2D eigenvalue weighted by Gasteiger charge is -2.08. The molecule has 1 heterocycles. The Kier molecular flexibility index (Phi) is 3.91. The van der Waals surface area contributed by atoms with E-state index >= 15 is 0 Å². The van der Waals surface area contributed by atoms with Crippen molar-refractivity contribution in [1.82, 2.24) is 9.97 Å². The van der Waals surface area contributed by atoms with Crippen molar-refractivity contribution < 1.29 is 9.84 Å². The van der Waals surface area contributed by atoms with E-state index < -0.39 is 0 Å². The molecular weight excluding hydrogens is 415 g/mol. The fourth-order valence-electron chi connectivity index (χ4n) is 1.39. The number of rotatable bonds is 2. The second-order valence-electron chi connectivity index (χ2n) is 3.42. The largest absolute Gasteiger partial charge is 0.503 e. The van der Waals surface area contributed by atoms with Crippen LogP contribution in [0, 0.1) is 3.57 Å². The molecule has 1 aromatic carbocycles. The molecule has 0 atom stereocenters. The van der Waals surface area contributed by atoms with Gasteiger partial charge in [0.05, 0.1) is 15.2 Å². The van der Waals surface area contributed by atoms with Gasteiger partial charge < -0.3 is 14.8 Å². The summed E-state index contributed by atoms with van der Waals surface area (Å²) >= 11 is 5.12. The van der Waals surface area contributed by atoms with Gasteiger partial charge in [-0.25, -0.2) is 4.98 Å². The van der Waals surface area contributed by atoms with Gasteiger partial charge in [-0.2, -0.15) is 0 Å². The fourth-order valence-corrected chi connectivity index (χ4v) is 2.11. The molecule has 0 aliphatic carbocycles. The topological polar surface area (TPSA) is 75.2 Å². The van der Waals surface area contributed by atoms with E-state index in [1.807, 2.05) is 22.6 Å². The maximum Gasteiger partial charge on any atom is 0.264 e. The van der Waals surface area contributed by atoms with Crippen molar-refractivity contribution in [3.8, 4) is 22.9 Å².